The third-order valence-electron chi connectivity index (χ3n) is 4.74. The minimum Gasteiger partial charge on any atom is -0.451 e. The summed E-state index contributed by atoms with van der Waals surface area (Å²) in [7, 11) is -3.68. The number of morpholine rings is 1. The summed E-state index contributed by atoms with van der Waals surface area (Å²) in [5, 5.41) is 3.96. The minimum absolute atomic E-state index is 0.112. The summed E-state index contributed by atoms with van der Waals surface area (Å²) < 4.78 is 38.2. The quantitative estimate of drug-likeness (QED) is 0.676. The third-order valence-corrected chi connectivity index (χ3v) is 7.01. The number of fused-ring (bicyclic) bond motifs is 1. The van der Waals surface area contributed by atoms with Crippen molar-refractivity contribution in [2.24, 2.45) is 0 Å². The van der Waals surface area contributed by atoms with Gasteiger partial charge in [-0.15, -0.1) is 0 Å². The van der Waals surface area contributed by atoms with Crippen LogP contribution in [0.25, 0.3) is 11.0 Å². The Balaban J connectivity index is 1.60. The maximum absolute atomic E-state index is 13.0. The van der Waals surface area contributed by atoms with Gasteiger partial charge in [0.15, 0.2) is 5.76 Å². The van der Waals surface area contributed by atoms with Gasteiger partial charge < -0.3 is 14.5 Å². The average molecular weight is 435 g/mol. The van der Waals surface area contributed by atoms with E-state index in [-0.39, 0.29) is 10.7 Å². The molecule has 3 aromatic rings. The standard InChI is InChI=1S/C20H19ClN2O5S/c1-13-2-4-16(12-19(13)29(25,26)23-6-8-27-9-7-23)22-20(24)18-11-14-10-15(21)3-5-17(14)28-18/h2-5,10-12H,6-9H2,1H3,(H,22,24). The van der Waals surface area contributed by atoms with Crippen LogP contribution in [-0.4, -0.2) is 44.9 Å². The lowest BCUT2D eigenvalue weighted by molar-refractivity contribution is 0.0730. The summed E-state index contributed by atoms with van der Waals surface area (Å²) in [6.45, 7) is 3.07. The molecule has 0 bridgehead atoms. The van der Waals surface area contributed by atoms with Gasteiger partial charge in [-0.25, -0.2) is 8.42 Å². The summed E-state index contributed by atoms with van der Waals surface area (Å²) in [6, 6.07) is 11.5. The highest BCUT2D eigenvalue weighted by molar-refractivity contribution is 7.89. The normalized spacial score (nSPS) is 15.5. The Morgan fingerprint density at radius 2 is 1.86 bits per heavy atom. The first-order chi connectivity index (χ1) is 13.8. The fraction of sp³-hybridized carbons (Fsp3) is 0.250. The SMILES string of the molecule is Cc1ccc(NC(=O)c2cc3cc(Cl)ccc3o2)cc1S(=O)(=O)N1CCOCC1. The van der Waals surface area contributed by atoms with Crippen LogP contribution >= 0.6 is 11.6 Å². The molecular weight excluding hydrogens is 416 g/mol. The second-order valence-electron chi connectivity index (χ2n) is 6.74. The number of anilines is 1. The Labute approximate surface area is 173 Å². The van der Waals surface area contributed by atoms with Crippen molar-refractivity contribution in [1.29, 1.82) is 0 Å². The second-order valence-corrected chi connectivity index (χ2v) is 9.09. The van der Waals surface area contributed by atoms with Gasteiger partial charge in [0, 0.05) is 29.2 Å². The fourth-order valence-electron chi connectivity index (χ4n) is 3.20. The van der Waals surface area contributed by atoms with E-state index in [1.807, 2.05) is 0 Å². The average Bonchev–Trinajstić information content (AvgIpc) is 3.13. The molecule has 0 atom stereocenters. The van der Waals surface area contributed by atoms with Crippen LogP contribution in [0.4, 0.5) is 5.69 Å². The Morgan fingerprint density at radius 3 is 2.62 bits per heavy atom. The maximum atomic E-state index is 13.0. The Hall–Kier alpha value is -2.39. The van der Waals surface area contributed by atoms with E-state index in [4.69, 9.17) is 20.8 Å². The van der Waals surface area contributed by atoms with Gasteiger partial charge in [-0.1, -0.05) is 17.7 Å². The van der Waals surface area contributed by atoms with Gasteiger partial charge in [-0.2, -0.15) is 4.31 Å². The van der Waals surface area contributed by atoms with Gasteiger partial charge >= 0.3 is 0 Å². The largest absolute Gasteiger partial charge is 0.451 e. The number of nitrogens with zero attached hydrogens (tertiary/aromatic N) is 1. The number of carbonyl (C=O) groups is 1. The molecule has 0 unspecified atom stereocenters. The van der Waals surface area contributed by atoms with Gasteiger partial charge in [-0.05, 0) is 48.9 Å². The van der Waals surface area contributed by atoms with Crippen LogP contribution in [0, 0.1) is 6.92 Å². The number of ether oxygens (including phenoxy) is 1. The molecule has 0 saturated carbocycles. The molecule has 2 aromatic carbocycles. The lowest BCUT2D eigenvalue weighted by atomic mass is 10.2. The smallest absolute Gasteiger partial charge is 0.291 e. The molecule has 9 heteroatoms. The molecule has 1 aliphatic heterocycles. The zero-order valence-corrected chi connectivity index (χ0v) is 17.2. The summed E-state index contributed by atoms with van der Waals surface area (Å²) in [4.78, 5) is 12.8. The molecule has 1 amide bonds. The first-order valence-electron chi connectivity index (χ1n) is 9.03. The third kappa shape index (κ3) is 4.02. The van der Waals surface area contributed by atoms with Crippen LogP contribution in [0.3, 0.4) is 0 Å². The van der Waals surface area contributed by atoms with Crippen LogP contribution < -0.4 is 5.32 Å². The monoisotopic (exact) mass is 434 g/mol. The van der Waals surface area contributed by atoms with Crippen molar-refractivity contribution in [1.82, 2.24) is 4.31 Å². The highest BCUT2D eigenvalue weighted by atomic mass is 35.5. The number of sulfonamides is 1. The summed E-state index contributed by atoms with van der Waals surface area (Å²) >= 11 is 5.97. The molecule has 152 valence electrons. The van der Waals surface area contributed by atoms with E-state index in [1.54, 1.807) is 43.3 Å². The number of nitrogens with one attached hydrogen (secondary N) is 1. The molecule has 2 heterocycles. The first-order valence-corrected chi connectivity index (χ1v) is 10.9. The number of halogens is 1. The second kappa shape index (κ2) is 7.79. The van der Waals surface area contributed by atoms with Crippen molar-refractivity contribution in [3.63, 3.8) is 0 Å². The Bertz CT molecular complexity index is 1180. The molecule has 1 N–H and O–H groups in total. The topological polar surface area (TPSA) is 88.8 Å². The van der Waals surface area contributed by atoms with E-state index < -0.39 is 15.9 Å². The van der Waals surface area contributed by atoms with E-state index in [0.717, 1.165) is 0 Å². The molecule has 0 radical (unpaired) electrons. The van der Waals surface area contributed by atoms with Gasteiger partial charge in [0.05, 0.1) is 18.1 Å². The van der Waals surface area contributed by atoms with Crippen LogP contribution in [0.2, 0.25) is 5.02 Å². The lowest BCUT2D eigenvalue weighted by Crippen LogP contribution is -2.40. The van der Waals surface area contributed by atoms with Crippen LogP contribution in [0.1, 0.15) is 16.1 Å². The minimum atomic E-state index is -3.68. The van der Waals surface area contributed by atoms with E-state index in [2.05, 4.69) is 5.32 Å². The molecule has 1 fully saturated rings. The zero-order valence-electron chi connectivity index (χ0n) is 15.6. The fourth-order valence-corrected chi connectivity index (χ4v) is 5.04. The molecule has 0 aliphatic carbocycles. The van der Waals surface area contributed by atoms with Crippen molar-refractivity contribution in [2.75, 3.05) is 31.6 Å². The number of carbonyl (C=O) groups excluding carboxylic acids is 1. The highest BCUT2D eigenvalue weighted by Gasteiger charge is 2.28. The van der Waals surface area contributed by atoms with Crippen molar-refractivity contribution >= 4 is 44.2 Å². The Kier molecular flexibility index (Phi) is 5.35. The lowest BCUT2D eigenvalue weighted by Gasteiger charge is -2.26. The molecule has 4 rings (SSSR count). The molecule has 1 saturated heterocycles. The van der Waals surface area contributed by atoms with Crippen molar-refractivity contribution in [3.05, 3.63) is 58.8 Å². The number of aryl methyl sites for hydroxylation is 1. The summed E-state index contributed by atoms with van der Waals surface area (Å²) in [6.07, 6.45) is 0. The van der Waals surface area contributed by atoms with Gasteiger partial charge in [0.1, 0.15) is 5.58 Å². The number of amides is 1. The summed E-state index contributed by atoms with van der Waals surface area (Å²) in [5.74, 6) is -0.365. The highest BCUT2D eigenvalue weighted by Crippen LogP contribution is 2.26. The first kappa shape index (κ1) is 19.9. The van der Waals surface area contributed by atoms with Crippen molar-refractivity contribution in [3.8, 4) is 0 Å². The van der Waals surface area contributed by atoms with Crippen LogP contribution in [-0.2, 0) is 14.8 Å². The number of hydrogen-bond donors (Lipinski definition) is 1. The zero-order chi connectivity index (χ0) is 20.6. The van der Waals surface area contributed by atoms with E-state index in [1.165, 1.54) is 10.4 Å². The maximum Gasteiger partial charge on any atom is 0.291 e. The van der Waals surface area contributed by atoms with Gasteiger partial charge in [0.25, 0.3) is 5.91 Å². The van der Waals surface area contributed by atoms with Gasteiger partial charge in [0.2, 0.25) is 10.0 Å². The Morgan fingerprint density at radius 1 is 1.10 bits per heavy atom. The van der Waals surface area contributed by atoms with E-state index >= 15 is 0 Å². The molecule has 1 aliphatic rings. The molecule has 29 heavy (non-hydrogen) atoms. The van der Waals surface area contributed by atoms with Crippen LogP contribution in [0.5, 0.6) is 0 Å². The van der Waals surface area contributed by atoms with Crippen molar-refractivity contribution in [2.45, 2.75) is 11.8 Å². The van der Waals surface area contributed by atoms with E-state index in [0.29, 0.717) is 53.5 Å². The number of benzene rings is 2. The number of rotatable bonds is 4. The van der Waals surface area contributed by atoms with Crippen LogP contribution in [0.15, 0.2) is 51.8 Å². The molecule has 0 spiro atoms. The molecule has 1 aromatic heterocycles. The van der Waals surface area contributed by atoms with Crippen molar-refractivity contribution < 1.29 is 22.4 Å². The summed E-state index contributed by atoms with van der Waals surface area (Å²) in [5.41, 5.74) is 1.51. The predicted octanol–water partition coefficient (Wildman–Crippen LogP) is 3.67. The number of hydrogen-bond acceptors (Lipinski definition) is 5. The predicted molar refractivity (Wildman–Crippen MR) is 110 cm³/mol. The molecular formula is C20H19ClN2O5S. The molecule has 7 nitrogen and oxygen atoms in total. The van der Waals surface area contributed by atoms with E-state index in [9.17, 15) is 13.2 Å². The number of furan rings is 1. The van der Waals surface area contributed by atoms with Gasteiger partial charge in [-0.3, -0.25) is 4.79 Å².